The molecular weight excluding hydrogens is 382 g/mol. The van der Waals surface area contributed by atoms with E-state index in [1.807, 2.05) is 48.6 Å². The minimum atomic E-state index is -0.805. The van der Waals surface area contributed by atoms with Crippen LogP contribution in [0.4, 0.5) is 0 Å². The van der Waals surface area contributed by atoms with Crippen LogP contribution in [-0.4, -0.2) is 24.8 Å². The average molecular weight is 407 g/mol. The number of nitrogens with zero attached hydrogens (tertiary/aromatic N) is 1. The molecule has 2 aromatic carbocycles. The maximum absolute atomic E-state index is 10.7. The van der Waals surface area contributed by atoms with E-state index in [1.54, 1.807) is 19.2 Å². The highest BCUT2D eigenvalue weighted by molar-refractivity contribution is 5.66. The van der Waals surface area contributed by atoms with Crippen molar-refractivity contribution in [1.82, 2.24) is 0 Å². The summed E-state index contributed by atoms with van der Waals surface area (Å²) in [6.45, 7) is 0.483. The van der Waals surface area contributed by atoms with Crippen molar-refractivity contribution in [1.29, 1.82) is 5.26 Å². The van der Waals surface area contributed by atoms with Gasteiger partial charge in [0, 0.05) is 23.5 Å². The number of hydrogen-bond acceptors (Lipinski definition) is 5. The number of carbonyl (C=O) groups is 1. The molecule has 3 unspecified atom stereocenters. The van der Waals surface area contributed by atoms with Gasteiger partial charge in [-0.1, -0.05) is 42.5 Å². The Morgan fingerprint density at radius 3 is 2.70 bits per heavy atom. The second-order valence-electron chi connectivity index (χ2n) is 7.10. The monoisotopic (exact) mass is 407 g/mol. The number of nitriles is 1. The Hall–Kier alpha value is -3.14. The maximum Gasteiger partial charge on any atom is 0.303 e. The lowest BCUT2D eigenvalue weighted by molar-refractivity contribution is -0.244. The highest BCUT2D eigenvalue weighted by Crippen LogP contribution is 2.42. The van der Waals surface area contributed by atoms with Gasteiger partial charge in [0.2, 0.25) is 0 Å². The average Bonchev–Trinajstić information content (AvgIpc) is 2.78. The van der Waals surface area contributed by atoms with Crippen LogP contribution in [0.1, 0.15) is 48.3 Å². The number of carboxylic acid groups (broad SMARTS) is 1. The molecule has 2 aromatic rings. The fourth-order valence-electron chi connectivity index (χ4n) is 3.49. The first-order valence-corrected chi connectivity index (χ1v) is 9.89. The predicted octanol–water partition coefficient (Wildman–Crippen LogP) is 4.78. The van der Waals surface area contributed by atoms with E-state index in [0.29, 0.717) is 25.0 Å². The summed E-state index contributed by atoms with van der Waals surface area (Å²) in [4.78, 5) is 10.7. The Kier molecular flexibility index (Phi) is 7.61. The number of para-hydroxylation sites is 1. The van der Waals surface area contributed by atoms with Gasteiger partial charge in [-0.2, -0.15) is 5.26 Å². The molecule has 0 aliphatic carbocycles. The third-order valence-electron chi connectivity index (χ3n) is 5.05. The second-order valence-corrected chi connectivity index (χ2v) is 7.10. The second kappa shape index (κ2) is 10.6. The molecule has 1 heterocycles. The van der Waals surface area contributed by atoms with Crippen LogP contribution < -0.4 is 4.74 Å². The summed E-state index contributed by atoms with van der Waals surface area (Å²) in [6, 6.07) is 17.1. The Balaban J connectivity index is 1.79. The van der Waals surface area contributed by atoms with Crippen LogP contribution in [0, 0.1) is 17.2 Å². The van der Waals surface area contributed by atoms with Crippen molar-refractivity contribution in [3.63, 3.8) is 0 Å². The van der Waals surface area contributed by atoms with E-state index in [-0.39, 0.29) is 18.4 Å². The lowest BCUT2D eigenvalue weighted by atomic mass is 9.91. The first kappa shape index (κ1) is 21.6. The van der Waals surface area contributed by atoms with Gasteiger partial charge in [-0.15, -0.1) is 0 Å². The molecule has 1 fully saturated rings. The number of methoxy groups -OCH3 is 1. The van der Waals surface area contributed by atoms with Crippen LogP contribution in [0.2, 0.25) is 0 Å². The molecule has 1 aliphatic rings. The largest absolute Gasteiger partial charge is 0.496 e. The molecule has 156 valence electrons. The van der Waals surface area contributed by atoms with Crippen LogP contribution in [-0.2, 0) is 14.3 Å². The van der Waals surface area contributed by atoms with E-state index in [9.17, 15) is 4.79 Å². The Bertz CT molecular complexity index is 916. The molecule has 0 amide bonds. The van der Waals surface area contributed by atoms with Gasteiger partial charge in [-0.05, 0) is 31.0 Å². The van der Waals surface area contributed by atoms with Crippen LogP contribution in [0.5, 0.6) is 5.75 Å². The van der Waals surface area contributed by atoms with Crippen molar-refractivity contribution in [2.24, 2.45) is 5.92 Å². The van der Waals surface area contributed by atoms with Gasteiger partial charge in [0.25, 0.3) is 0 Å². The molecule has 0 aromatic heterocycles. The Labute approximate surface area is 176 Å². The molecule has 1 aliphatic heterocycles. The molecule has 6 nitrogen and oxygen atoms in total. The molecule has 0 spiro atoms. The van der Waals surface area contributed by atoms with Gasteiger partial charge in [0.05, 0.1) is 31.5 Å². The summed E-state index contributed by atoms with van der Waals surface area (Å²) < 4.78 is 17.9. The topological polar surface area (TPSA) is 88.8 Å². The van der Waals surface area contributed by atoms with Crippen molar-refractivity contribution >= 4 is 5.97 Å². The van der Waals surface area contributed by atoms with Gasteiger partial charge in [0.15, 0.2) is 6.29 Å². The van der Waals surface area contributed by atoms with Gasteiger partial charge in [-0.25, -0.2) is 0 Å². The minimum Gasteiger partial charge on any atom is -0.496 e. The van der Waals surface area contributed by atoms with Gasteiger partial charge < -0.3 is 19.3 Å². The number of aliphatic carboxylic acids is 1. The zero-order valence-corrected chi connectivity index (χ0v) is 16.9. The SMILES string of the molecule is COc1ccccc1C1OC(c2ccc(C#N)cc2)OCC1C/C=C\CCC(=O)O. The standard InChI is InChI=1S/C24H25NO5/c1-28-21-9-6-5-8-20(21)23-19(7-3-2-4-10-22(26)27)16-29-24(30-23)18-13-11-17(15-25)12-14-18/h2-3,5-6,8-9,11-14,19,23-24H,4,7,10,16H2,1H3,(H,26,27)/b3-2-. The molecule has 3 rings (SSSR count). The number of ether oxygens (including phenoxy) is 3. The quantitative estimate of drug-likeness (QED) is 0.634. The summed E-state index contributed by atoms with van der Waals surface area (Å²) in [7, 11) is 1.64. The fraction of sp³-hybridized carbons (Fsp3) is 0.333. The summed E-state index contributed by atoms with van der Waals surface area (Å²) in [5.41, 5.74) is 2.38. The van der Waals surface area contributed by atoms with Crippen molar-refractivity contribution in [2.45, 2.75) is 31.7 Å². The van der Waals surface area contributed by atoms with Gasteiger partial charge in [-0.3, -0.25) is 4.79 Å². The van der Waals surface area contributed by atoms with E-state index in [1.165, 1.54) is 0 Å². The lowest BCUT2D eigenvalue weighted by Gasteiger charge is -2.37. The van der Waals surface area contributed by atoms with Gasteiger partial charge >= 0.3 is 5.97 Å². The number of rotatable bonds is 8. The first-order valence-electron chi connectivity index (χ1n) is 9.89. The van der Waals surface area contributed by atoms with Crippen LogP contribution in [0.3, 0.4) is 0 Å². The highest BCUT2D eigenvalue weighted by atomic mass is 16.7. The van der Waals surface area contributed by atoms with E-state index >= 15 is 0 Å². The van der Waals surface area contributed by atoms with Crippen LogP contribution >= 0.6 is 0 Å². The van der Waals surface area contributed by atoms with Crippen LogP contribution in [0.15, 0.2) is 60.7 Å². The van der Waals surface area contributed by atoms with E-state index < -0.39 is 12.3 Å². The van der Waals surface area contributed by atoms with E-state index in [4.69, 9.17) is 24.6 Å². The number of allylic oxidation sites excluding steroid dienone is 2. The molecule has 30 heavy (non-hydrogen) atoms. The van der Waals surface area contributed by atoms with E-state index in [0.717, 1.165) is 16.9 Å². The molecule has 1 saturated heterocycles. The third kappa shape index (κ3) is 5.47. The zero-order chi connectivity index (χ0) is 21.3. The molecule has 0 radical (unpaired) electrons. The predicted molar refractivity (Wildman–Crippen MR) is 111 cm³/mol. The fourth-order valence-corrected chi connectivity index (χ4v) is 3.49. The summed E-state index contributed by atoms with van der Waals surface area (Å²) >= 11 is 0. The van der Waals surface area contributed by atoms with Crippen molar-refractivity contribution in [3.05, 3.63) is 77.4 Å². The molecular formula is C24H25NO5. The molecule has 1 N–H and O–H groups in total. The van der Waals surface area contributed by atoms with E-state index in [2.05, 4.69) is 6.07 Å². The number of hydrogen-bond donors (Lipinski definition) is 1. The van der Waals surface area contributed by atoms with Crippen molar-refractivity contribution < 1.29 is 24.1 Å². The molecule has 3 atom stereocenters. The van der Waals surface area contributed by atoms with Gasteiger partial charge in [0.1, 0.15) is 5.75 Å². The number of carboxylic acids is 1. The summed E-state index contributed by atoms with van der Waals surface area (Å²) in [6.07, 6.45) is 4.40. The third-order valence-corrected chi connectivity index (χ3v) is 5.05. The normalized spacial score (nSPS) is 21.3. The maximum atomic E-state index is 10.7. The lowest BCUT2D eigenvalue weighted by Crippen LogP contribution is -2.30. The number of benzene rings is 2. The first-order chi connectivity index (χ1) is 14.6. The summed E-state index contributed by atoms with van der Waals surface area (Å²) in [5.74, 6) is 0.000912. The Morgan fingerprint density at radius 1 is 1.23 bits per heavy atom. The summed E-state index contributed by atoms with van der Waals surface area (Å²) in [5, 5.41) is 17.8. The van der Waals surface area contributed by atoms with Crippen LogP contribution in [0.25, 0.3) is 0 Å². The van der Waals surface area contributed by atoms with Crippen molar-refractivity contribution in [2.75, 3.05) is 13.7 Å². The zero-order valence-electron chi connectivity index (χ0n) is 16.9. The molecule has 0 bridgehead atoms. The minimum absolute atomic E-state index is 0.0528. The Morgan fingerprint density at radius 2 is 2.00 bits per heavy atom. The molecule has 6 heteroatoms. The van der Waals surface area contributed by atoms with Crippen molar-refractivity contribution in [3.8, 4) is 11.8 Å². The smallest absolute Gasteiger partial charge is 0.303 e. The molecule has 0 saturated carbocycles. The highest BCUT2D eigenvalue weighted by Gasteiger charge is 2.34.